The SMILES string of the molecule is COC(=O)c1ccc(C(N)=O)c2ccccc12. The molecule has 2 aromatic rings. The van der Waals surface area contributed by atoms with E-state index in [0.717, 1.165) is 0 Å². The van der Waals surface area contributed by atoms with Crippen molar-refractivity contribution in [1.29, 1.82) is 0 Å². The van der Waals surface area contributed by atoms with Crippen LogP contribution in [0.15, 0.2) is 36.4 Å². The van der Waals surface area contributed by atoms with E-state index in [2.05, 4.69) is 4.74 Å². The van der Waals surface area contributed by atoms with Crippen molar-refractivity contribution in [3.05, 3.63) is 47.5 Å². The summed E-state index contributed by atoms with van der Waals surface area (Å²) in [6, 6.07) is 10.2. The molecule has 0 fully saturated rings. The Balaban J connectivity index is 2.79. The Bertz CT molecular complexity index is 605. The quantitative estimate of drug-likeness (QED) is 0.797. The second-order valence-corrected chi connectivity index (χ2v) is 3.56. The van der Waals surface area contributed by atoms with Crippen LogP contribution in [0.1, 0.15) is 20.7 Å². The molecule has 4 nitrogen and oxygen atoms in total. The number of carbonyl (C=O) groups is 2. The fourth-order valence-corrected chi connectivity index (χ4v) is 1.80. The first-order chi connectivity index (χ1) is 8.15. The van der Waals surface area contributed by atoms with E-state index in [9.17, 15) is 9.59 Å². The van der Waals surface area contributed by atoms with Gasteiger partial charge in [-0.05, 0) is 22.9 Å². The van der Waals surface area contributed by atoms with Crippen molar-refractivity contribution >= 4 is 22.6 Å². The minimum absolute atomic E-state index is 0.397. The summed E-state index contributed by atoms with van der Waals surface area (Å²) in [5.41, 5.74) is 6.10. The fraction of sp³-hybridized carbons (Fsp3) is 0.0769. The van der Waals surface area contributed by atoms with Crippen molar-refractivity contribution in [3.8, 4) is 0 Å². The van der Waals surface area contributed by atoms with E-state index in [1.807, 2.05) is 0 Å². The molecule has 0 spiro atoms. The molecule has 0 aliphatic heterocycles. The first-order valence-corrected chi connectivity index (χ1v) is 5.05. The monoisotopic (exact) mass is 229 g/mol. The largest absolute Gasteiger partial charge is 0.465 e. The van der Waals surface area contributed by atoms with Gasteiger partial charge in [0.05, 0.1) is 12.7 Å². The van der Waals surface area contributed by atoms with E-state index >= 15 is 0 Å². The molecule has 0 bridgehead atoms. The van der Waals surface area contributed by atoms with Crippen molar-refractivity contribution in [1.82, 2.24) is 0 Å². The van der Waals surface area contributed by atoms with Crippen molar-refractivity contribution < 1.29 is 14.3 Å². The number of esters is 1. The van der Waals surface area contributed by atoms with E-state index in [4.69, 9.17) is 5.73 Å². The lowest BCUT2D eigenvalue weighted by Gasteiger charge is -2.07. The Morgan fingerprint density at radius 3 is 2.06 bits per heavy atom. The van der Waals surface area contributed by atoms with Crippen LogP contribution in [-0.4, -0.2) is 19.0 Å². The van der Waals surface area contributed by atoms with Gasteiger partial charge >= 0.3 is 5.97 Å². The summed E-state index contributed by atoms with van der Waals surface area (Å²) >= 11 is 0. The van der Waals surface area contributed by atoms with E-state index in [1.165, 1.54) is 13.2 Å². The number of methoxy groups -OCH3 is 1. The maximum Gasteiger partial charge on any atom is 0.338 e. The minimum atomic E-state index is -0.516. The number of hydrogen-bond donors (Lipinski definition) is 1. The molecule has 17 heavy (non-hydrogen) atoms. The lowest BCUT2D eigenvalue weighted by molar-refractivity contribution is 0.0602. The van der Waals surface area contributed by atoms with Crippen LogP contribution in [0.25, 0.3) is 10.8 Å². The summed E-state index contributed by atoms with van der Waals surface area (Å²) in [5.74, 6) is -0.949. The van der Waals surface area contributed by atoms with Gasteiger partial charge < -0.3 is 10.5 Å². The van der Waals surface area contributed by atoms with Crippen molar-refractivity contribution in [2.45, 2.75) is 0 Å². The highest BCUT2D eigenvalue weighted by Crippen LogP contribution is 2.23. The maximum atomic E-state index is 11.6. The zero-order valence-electron chi connectivity index (χ0n) is 9.27. The van der Waals surface area contributed by atoms with Gasteiger partial charge in [-0.3, -0.25) is 4.79 Å². The average Bonchev–Trinajstić information content (AvgIpc) is 2.36. The summed E-state index contributed by atoms with van der Waals surface area (Å²) in [7, 11) is 1.32. The normalized spacial score (nSPS) is 10.2. The van der Waals surface area contributed by atoms with Gasteiger partial charge in [-0.15, -0.1) is 0 Å². The summed E-state index contributed by atoms with van der Waals surface area (Å²) in [4.78, 5) is 22.8. The Kier molecular flexibility index (Phi) is 2.78. The number of rotatable bonds is 2. The van der Waals surface area contributed by atoms with Gasteiger partial charge in [-0.2, -0.15) is 0 Å². The molecule has 0 saturated carbocycles. The highest BCUT2D eigenvalue weighted by molar-refractivity contribution is 6.12. The van der Waals surface area contributed by atoms with Gasteiger partial charge in [0.2, 0.25) is 5.91 Å². The van der Waals surface area contributed by atoms with E-state index in [0.29, 0.717) is 21.9 Å². The highest BCUT2D eigenvalue weighted by atomic mass is 16.5. The van der Waals surface area contributed by atoms with Crippen LogP contribution in [-0.2, 0) is 4.74 Å². The second kappa shape index (κ2) is 4.25. The third-order valence-electron chi connectivity index (χ3n) is 2.59. The number of ether oxygens (including phenoxy) is 1. The number of nitrogens with two attached hydrogens (primary N) is 1. The molecule has 86 valence electrons. The van der Waals surface area contributed by atoms with E-state index in [1.54, 1.807) is 30.3 Å². The van der Waals surface area contributed by atoms with Crippen LogP contribution in [0.2, 0.25) is 0 Å². The molecule has 0 aromatic heterocycles. The average molecular weight is 229 g/mol. The summed E-state index contributed by atoms with van der Waals surface area (Å²) in [5, 5.41) is 1.32. The van der Waals surface area contributed by atoms with Gasteiger partial charge in [0.15, 0.2) is 0 Å². The third-order valence-corrected chi connectivity index (χ3v) is 2.59. The number of fused-ring (bicyclic) bond motifs is 1. The predicted molar refractivity (Wildman–Crippen MR) is 63.8 cm³/mol. The lowest BCUT2D eigenvalue weighted by Crippen LogP contribution is -2.12. The van der Waals surface area contributed by atoms with Crippen LogP contribution in [0.3, 0.4) is 0 Å². The summed E-state index contributed by atoms with van der Waals surface area (Å²) < 4.78 is 4.69. The van der Waals surface area contributed by atoms with Gasteiger partial charge in [0.25, 0.3) is 0 Å². The summed E-state index contributed by atoms with van der Waals surface area (Å²) in [6.07, 6.45) is 0. The molecule has 0 saturated heterocycles. The van der Waals surface area contributed by atoms with Gasteiger partial charge in [0.1, 0.15) is 0 Å². The molecular weight excluding hydrogens is 218 g/mol. The van der Waals surface area contributed by atoms with Crippen LogP contribution in [0.5, 0.6) is 0 Å². The topological polar surface area (TPSA) is 69.4 Å². The van der Waals surface area contributed by atoms with Crippen LogP contribution in [0, 0.1) is 0 Å². The number of carbonyl (C=O) groups excluding carboxylic acids is 2. The highest BCUT2D eigenvalue weighted by Gasteiger charge is 2.14. The van der Waals surface area contributed by atoms with Gasteiger partial charge in [-0.25, -0.2) is 4.79 Å². The van der Waals surface area contributed by atoms with Gasteiger partial charge in [0, 0.05) is 5.56 Å². The zero-order valence-corrected chi connectivity index (χ0v) is 9.27. The van der Waals surface area contributed by atoms with E-state index in [-0.39, 0.29) is 0 Å². The Labute approximate surface area is 98.0 Å². The molecular formula is C13H11NO3. The van der Waals surface area contributed by atoms with Crippen LogP contribution in [0.4, 0.5) is 0 Å². The number of primary amides is 1. The van der Waals surface area contributed by atoms with Crippen LogP contribution < -0.4 is 5.73 Å². The first kappa shape index (κ1) is 11.1. The maximum absolute atomic E-state index is 11.6. The number of amides is 1. The molecule has 1 amide bonds. The van der Waals surface area contributed by atoms with Crippen molar-refractivity contribution in [2.24, 2.45) is 5.73 Å². The molecule has 2 N–H and O–H groups in total. The minimum Gasteiger partial charge on any atom is -0.465 e. The van der Waals surface area contributed by atoms with Gasteiger partial charge in [-0.1, -0.05) is 24.3 Å². The molecule has 2 rings (SSSR count). The van der Waals surface area contributed by atoms with Crippen LogP contribution >= 0.6 is 0 Å². The Morgan fingerprint density at radius 1 is 1.00 bits per heavy atom. The first-order valence-electron chi connectivity index (χ1n) is 5.05. The molecule has 0 heterocycles. The smallest absolute Gasteiger partial charge is 0.338 e. The number of hydrogen-bond acceptors (Lipinski definition) is 3. The van der Waals surface area contributed by atoms with E-state index < -0.39 is 11.9 Å². The molecule has 0 atom stereocenters. The Morgan fingerprint density at radius 2 is 1.53 bits per heavy atom. The fourth-order valence-electron chi connectivity index (χ4n) is 1.80. The molecule has 0 unspecified atom stereocenters. The molecule has 4 heteroatoms. The lowest BCUT2D eigenvalue weighted by atomic mass is 9.99. The zero-order chi connectivity index (χ0) is 12.4. The summed E-state index contributed by atoms with van der Waals surface area (Å²) in [6.45, 7) is 0. The molecule has 0 aliphatic carbocycles. The number of benzene rings is 2. The van der Waals surface area contributed by atoms with Crippen molar-refractivity contribution in [3.63, 3.8) is 0 Å². The molecule has 0 radical (unpaired) electrons. The standard InChI is InChI=1S/C13H11NO3/c1-17-13(16)11-7-6-10(12(14)15)8-4-2-3-5-9(8)11/h2-7H,1H3,(H2,14,15). The third kappa shape index (κ3) is 1.85. The molecule has 0 aliphatic rings. The second-order valence-electron chi connectivity index (χ2n) is 3.56. The Hall–Kier alpha value is -2.36. The van der Waals surface area contributed by atoms with Crippen molar-refractivity contribution in [2.75, 3.05) is 7.11 Å². The predicted octanol–water partition coefficient (Wildman–Crippen LogP) is 1.73. The molecule has 2 aromatic carbocycles.